The lowest BCUT2D eigenvalue weighted by atomic mass is 10.0. The molecule has 100 valence electrons. The highest BCUT2D eigenvalue weighted by atomic mass is 32.2. The Hall–Kier alpha value is -0.580. The Bertz CT molecular complexity index is 379. The second-order valence-corrected chi connectivity index (χ2v) is 6.52. The molecule has 0 amide bonds. The molecule has 1 aliphatic heterocycles. The lowest BCUT2D eigenvalue weighted by Crippen LogP contribution is -2.48. The van der Waals surface area contributed by atoms with Gasteiger partial charge in [-0.1, -0.05) is 13.0 Å². The summed E-state index contributed by atoms with van der Waals surface area (Å²) < 4.78 is 0. The predicted octanol–water partition coefficient (Wildman–Crippen LogP) is 2.22. The summed E-state index contributed by atoms with van der Waals surface area (Å²) in [5, 5.41) is 0.672. The summed E-state index contributed by atoms with van der Waals surface area (Å²) in [5.74, 6) is 1.20. The van der Waals surface area contributed by atoms with Crippen LogP contribution in [0.25, 0.3) is 0 Å². The Morgan fingerprint density at radius 3 is 2.89 bits per heavy atom. The van der Waals surface area contributed by atoms with Crippen molar-refractivity contribution in [1.29, 1.82) is 0 Å². The van der Waals surface area contributed by atoms with Gasteiger partial charge in [-0.3, -0.25) is 9.88 Å². The molecule has 1 aliphatic rings. The molecule has 0 aromatic carbocycles. The minimum absolute atomic E-state index is 0.302. The third-order valence-electron chi connectivity index (χ3n) is 3.88. The zero-order chi connectivity index (χ0) is 13.1. The van der Waals surface area contributed by atoms with E-state index in [0.29, 0.717) is 23.9 Å². The molecule has 3 unspecified atom stereocenters. The first-order valence-corrected chi connectivity index (χ1v) is 7.68. The van der Waals surface area contributed by atoms with E-state index in [2.05, 4.69) is 47.6 Å². The highest BCUT2D eigenvalue weighted by Gasteiger charge is 2.30. The van der Waals surface area contributed by atoms with Crippen LogP contribution in [0.1, 0.15) is 31.1 Å². The molecule has 3 nitrogen and oxygen atoms in total. The van der Waals surface area contributed by atoms with Gasteiger partial charge in [0.05, 0.1) is 0 Å². The average molecular weight is 265 g/mol. The van der Waals surface area contributed by atoms with Gasteiger partial charge in [-0.15, -0.1) is 0 Å². The van der Waals surface area contributed by atoms with E-state index in [4.69, 9.17) is 5.73 Å². The van der Waals surface area contributed by atoms with Crippen LogP contribution in [-0.2, 0) is 0 Å². The van der Waals surface area contributed by atoms with E-state index in [1.165, 1.54) is 11.3 Å². The SMILES string of the molecule is Cc1ccc(C(CN)N2CCSC(C)C2C)cn1. The summed E-state index contributed by atoms with van der Waals surface area (Å²) in [5.41, 5.74) is 8.31. The van der Waals surface area contributed by atoms with E-state index in [1.807, 2.05) is 13.1 Å². The summed E-state index contributed by atoms with van der Waals surface area (Å²) in [6.45, 7) is 8.41. The number of hydrogen-bond donors (Lipinski definition) is 1. The van der Waals surface area contributed by atoms with Crippen molar-refractivity contribution in [3.63, 3.8) is 0 Å². The summed E-state index contributed by atoms with van der Waals surface area (Å²) in [4.78, 5) is 6.93. The minimum atomic E-state index is 0.302. The standard InChI is InChI=1S/C14H23N3S/c1-10-4-5-13(9-16-10)14(8-15)17-6-7-18-12(3)11(17)2/h4-5,9,11-12,14H,6-8,15H2,1-3H3. The van der Waals surface area contributed by atoms with Gasteiger partial charge in [-0.2, -0.15) is 11.8 Å². The minimum Gasteiger partial charge on any atom is -0.329 e. The molecular weight excluding hydrogens is 242 g/mol. The molecule has 3 atom stereocenters. The second-order valence-electron chi connectivity index (χ2n) is 5.04. The molecule has 0 radical (unpaired) electrons. The van der Waals surface area contributed by atoms with Crippen molar-refractivity contribution in [3.05, 3.63) is 29.6 Å². The van der Waals surface area contributed by atoms with Crippen molar-refractivity contribution in [2.24, 2.45) is 5.73 Å². The number of hydrogen-bond acceptors (Lipinski definition) is 4. The molecule has 2 heterocycles. The van der Waals surface area contributed by atoms with Crippen LogP contribution in [0.15, 0.2) is 18.3 Å². The van der Waals surface area contributed by atoms with E-state index in [-0.39, 0.29) is 0 Å². The van der Waals surface area contributed by atoms with Crippen molar-refractivity contribution in [2.75, 3.05) is 18.8 Å². The van der Waals surface area contributed by atoms with E-state index >= 15 is 0 Å². The summed E-state index contributed by atoms with van der Waals surface area (Å²) in [6.07, 6.45) is 1.98. The van der Waals surface area contributed by atoms with Crippen LogP contribution in [0, 0.1) is 6.92 Å². The molecule has 2 N–H and O–H groups in total. The van der Waals surface area contributed by atoms with E-state index in [9.17, 15) is 0 Å². The first-order chi connectivity index (χ1) is 8.63. The molecule has 1 aromatic rings. The van der Waals surface area contributed by atoms with E-state index < -0.39 is 0 Å². The number of nitrogens with two attached hydrogens (primary N) is 1. The Morgan fingerprint density at radius 1 is 1.50 bits per heavy atom. The van der Waals surface area contributed by atoms with E-state index in [0.717, 1.165) is 12.2 Å². The normalized spacial score (nSPS) is 27.1. The van der Waals surface area contributed by atoms with Crippen molar-refractivity contribution in [3.8, 4) is 0 Å². The van der Waals surface area contributed by atoms with Gasteiger partial charge in [0.1, 0.15) is 0 Å². The molecule has 1 aromatic heterocycles. The number of aryl methyl sites for hydroxylation is 1. The fourth-order valence-corrected chi connectivity index (χ4v) is 3.66. The lowest BCUT2D eigenvalue weighted by Gasteiger charge is -2.42. The second kappa shape index (κ2) is 6.04. The summed E-state index contributed by atoms with van der Waals surface area (Å²) >= 11 is 2.06. The van der Waals surface area contributed by atoms with Crippen LogP contribution < -0.4 is 5.73 Å². The van der Waals surface area contributed by atoms with Crippen LogP contribution >= 0.6 is 11.8 Å². The summed E-state index contributed by atoms with van der Waals surface area (Å²) in [6, 6.07) is 5.11. The zero-order valence-electron chi connectivity index (χ0n) is 11.5. The van der Waals surface area contributed by atoms with Gasteiger partial charge in [-0.25, -0.2) is 0 Å². The van der Waals surface area contributed by atoms with Gasteiger partial charge in [0, 0.05) is 48.1 Å². The third kappa shape index (κ3) is 2.87. The van der Waals surface area contributed by atoms with Gasteiger partial charge >= 0.3 is 0 Å². The number of thioether (sulfide) groups is 1. The topological polar surface area (TPSA) is 42.1 Å². The largest absolute Gasteiger partial charge is 0.329 e. The predicted molar refractivity (Wildman–Crippen MR) is 78.9 cm³/mol. The third-order valence-corrected chi connectivity index (χ3v) is 5.21. The van der Waals surface area contributed by atoms with Crippen LogP contribution in [0.3, 0.4) is 0 Å². The van der Waals surface area contributed by atoms with Crippen molar-refractivity contribution < 1.29 is 0 Å². The Morgan fingerprint density at radius 2 is 2.28 bits per heavy atom. The Balaban J connectivity index is 2.19. The zero-order valence-corrected chi connectivity index (χ0v) is 12.3. The monoisotopic (exact) mass is 265 g/mol. The number of rotatable bonds is 3. The lowest BCUT2D eigenvalue weighted by molar-refractivity contribution is 0.150. The van der Waals surface area contributed by atoms with Gasteiger partial charge in [-0.05, 0) is 25.5 Å². The Labute approximate surface area is 114 Å². The smallest absolute Gasteiger partial charge is 0.0489 e. The maximum absolute atomic E-state index is 6.01. The summed E-state index contributed by atoms with van der Waals surface area (Å²) in [7, 11) is 0. The molecule has 18 heavy (non-hydrogen) atoms. The van der Waals surface area contributed by atoms with Crippen LogP contribution in [0.5, 0.6) is 0 Å². The van der Waals surface area contributed by atoms with Crippen molar-refractivity contribution in [2.45, 2.75) is 38.1 Å². The fraction of sp³-hybridized carbons (Fsp3) is 0.643. The average Bonchev–Trinajstić information content (AvgIpc) is 2.37. The maximum atomic E-state index is 6.01. The van der Waals surface area contributed by atoms with Crippen molar-refractivity contribution in [1.82, 2.24) is 9.88 Å². The molecule has 1 saturated heterocycles. The maximum Gasteiger partial charge on any atom is 0.0489 e. The highest BCUT2D eigenvalue weighted by Crippen LogP contribution is 2.31. The quantitative estimate of drug-likeness (QED) is 0.910. The molecular formula is C14H23N3S. The van der Waals surface area contributed by atoms with Gasteiger partial charge < -0.3 is 5.73 Å². The fourth-order valence-electron chi connectivity index (χ4n) is 2.54. The first-order valence-electron chi connectivity index (χ1n) is 6.63. The molecule has 0 saturated carbocycles. The highest BCUT2D eigenvalue weighted by molar-refractivity contribution is 8.00. The van der Waals surface area contributed by atoms with Gasteiger partial charge in [0.15, 0.2) is 0 Å². The van der Waals surface area contributed by atoms with E-state index in [1.54, 1.807) is 0 Å². The molecule has 2 rings (SSSR count). The molecule has 0 bridgehead atoms. The molecule has 1 fully saturated rings. The van der Waals surface area contributed by atoms with Crippen LogP contribution in [0.4, 0.5) is 0 Å². The molecule has 0 spiro atoms. The molecule has 0 aliphatic carbocycles. The van der Waals surface area contributed by atoms with Crippen molar-refractivity contribution >= 4 is 11.8 Å². The van der Waals surface area contributed by atoms with Crippen LogP contribution in [-0.4, -0.2) is 40.0 Å². The molecule has 4 heteroatoms. The van der Waals surface area contributed by atoms with Gasteiger partial charge in [0.25, 0.3) is 0 Å². The first kappa shape index (κ1) is 13.8. The number of nitrogens with zero attached hydrogens (tertiary/aromatic N) is 2. The van der Waals surface area contributed by atoms with Crippen LogP contribution in [0.2, 0.25) is 0 Å². The number of pyridine rings is 1. The van der Waals surface area contributed by atoms with Gasteiger partial charge in [0.2, 0.25) is 0 Å². The number of aromatic nitrogens is 1. The Kier molecular flexibility index (Phi) is 4.65.